The van der Waals surface area contributed by atoms with E-state index in [1.807, 2.05) is 18.2 Å². The lowest BCUT2D eigenvalue weighted by Crippen LogP contribution is -2.37. The number of nitrogens with one attached hydrogen (secondary N) is 1. The Labute approximate surface area is 173 Å². The van der Waals surface area contributed by atoms with Crippen LogP contribution in [0.4, 0.5) is 5.69 Å². The first kappa shape index (κ1) is 19.8. The van der Waals surface area contributed by atoms with Crippen molar-refractivity contribution in [3.05, 3.63) is 62.1 Å². The van der Waals surface area contributed by atoms with Crippen LogP contribution in [0.1, 0.15) is 18.4 Å². The van der Waals surface area contributed by atoms with Gasteiger partial charge in [-0.25, -0.2) is 0 Å². The molecule has 1 saturated heterocycles. The zero-order valence-electron chi connectivity index (χ0n) is 13.9. The van der Waals surface area contributed by atoms with Gasteiger partial charge in [-0.05, 0) is 56.3 Å². The standard InChI is InChI=1S/C19H18Cl4N2O/c20-13-8-14(21)10-15(9-13)24-19(26)12-4-6-25(7-5-12)11-16-17(22)2-1-3-18(16)23/h1-3,8-10,12H,4-7,11H2,(H,24,26). The second-order valence-corrected chi connectivity index (χ2v) is 8.09. The summed E-state index contributed by atoms with van der Waals surface area (Å²) in [5, 5.41) is 5.26. The molecule has 1 aliphatic rings. The molecule has 0 atom stereocenters. The van der Waals surface area contributed by atoms with Crippen molar-refractivity contribution in [3.8, 4) is 0 Å². The van der Waals surface area contributed by atoms with Crippen molar-refractivity contribution >= 4 is 58.0 Å². The Bertz CT molecular complexity index is 764. The molecule has 3 rings (SSSR count). The van der Waals surface area contributed by atoms with E-state index in [0.29, 0.717) is 32.3 Å². The third-order valence-electron chi connectivity index (χ3n) is 4.53. The Hall–Kier alpha value is -0.970. The Kier molecular flexibility index (Phi) is 6.70. The number of benzene rings is 2. The van der Waals surface area contributed by atoms with Gasteiger partial charge in [0.05, 0.1) is 0 Å². The number of halogens is 4. The topological polar surface area (TPSA) is 32.3 Å². The minimum absolute atomic E-state index is 0.00115. The summed E-state index contributed by atoms with van der Waals surface area (Å²) in [5.74, 6) is -0.0375. The number of nitrogens with zero attached hydrogens (tertiary/aromatic N) is 1. The van der Waals surface area contributed by atoms with Gasteiger partial charge < -0.3 is 5.32 Å². The van der Waals surface area contributed by atoms with Crippen molar-refractivity contribution in [3.63, 3.8) is 0 Å². The molecular weight excluding hydrogens is 414 g/mol. The zero-order chi connectivity index (χ0) is 18.7. The summed E-state index contributed by atoms with van der Waals surface area (Å²) in [4.78, 5) is 14.8. The Morgan fingerprint density at radius 3 is 2.15 bits per heavy atom. The van der Waals surface area contributed by atoms with Gasteiger partial charge in [0.2, 0.25) is 5.91 Å². The van der Waals surface area contributed by atoms with Crippen LogP contribution in [0.2, 0.25) is 20.1 Å². The van der Waals surface area contributed by atoms with Crippen LogP contribution in [0.25, 0.3) is 0 Å². The maximum Gasteiger partial charge on any atom is 0.227 e. The zero-order valence-corrected chi connectivity index (χ0v) is 17.0. The van der Waals surface area contributed by atoms with Crippen molar-refractivity contribution in [2.75, 3.05) is 18.4 Å². The summed E-state index contributed by atoms with van der Waals surface area (Å²) in [6.45, 7) is 2.32. The fraction of sp³-hybridized carbons (Fsp3) is 0.316. The first-order chi connectivity index (χ1) is 12.4. The second kappa shape index (κ2) is 8.81. The molecule has 1 amide bonds. The van der Waals surface area contributed by atoms with E-state index in [0.717, 1.165) is 31.5 Å². The van der Waals surface area contributed by atoms with Crippen molar-refractivity contribution < 1.29 is 4.79 Å². The Morgan fingerprint density at radius 1 is 1.00 bits per heavy atom. The summed E-state index contributed by atoms with van der Waals surface area (Å²) in [5.41, 5.74) is 1.56. The van der Waals surface area contributed by atoms with E-state index in [4.69, 9.17) is 46.4 Å². The fourth-order valence-corrected chi connectivity index (χ4v) is 4.17. The molecule has 0 radical (unpaired) electrons. The van der Waals surface area contributed by atoms with Crippen LogP contribution in [0.3, 0.4) is 0 Å². The van der Waals surface area contributed by atoms with Crippen molar-refractivity contribution in [1.82, 2.24) is 4.90 Å². The largest absolute Gasteiger partial charge is 0.326 e. The lowest BCUT2D eigenvalue weighted by molar-refractivity contribution is -0.121. The van der Waals surface area contributed by atoms with Crippen LogP contribution >= 0.6 is 46.4 Å². The van der Waals surface area contributed by atoms with Crippen molar-refractivity contribution in [1.29, 1.82) is 0 Å². The number of rotatable bonds is 4. The first-order valence-corrected chi connectivity index (χ1v) is 9.86. The molecule has 26 heavy (non-hydrogen) atoms. The van der Waals surface area contributed by atoms with Gasteiger partial charge in [-0.1, -0.05) is 52.5 Å². The number of piperidine rings is 1. The third kappa shape index (κ3) is 5.05. The van der Waals surface area contributed by atoms with Crippen LogP contribution in [-0.4, -0.2) is 23.9 Å². The number of anilines is 1. The first-order valence-electron chi connectivity index (χ1n) is 8.34. The van der Waals surface area contributed by atoms with E-state index < -0.39 is 0 Å². The predicted molar refractivity (Wildman–Crippen MR) is 110 cm³/mol. The molecule has 2 aromatic rings. The van der Waals surface area contributed by atoms with E-state index >= 15 is 0 Å². The summed E-state index contributed by atoms with van der Waals surface area (Å²) in [7, 11) is 0. The predicted octanol–water partition coefficient (Wildman–Crippen LogP) is 6.15. The van der Waals surface area contributed by atoms with E-state index in [1.54, 1.807) is 18.2 Å². The Balaban J connectivity index is 1.55. The highest BCUT2D eigenvalue weighted by molar-refractivity contribution is 6.36. The van der Waals surface area contributed by atoms with Crippen LogP contribution in [-0.2, 0) is 11.3 Å². The minimum atomic E-state index is -0.0364. The van der Waals surface area contributed by atoms with Gasteiger partial charge in [-0.3, -0.25) is 9.69 Å². The smallest absolute Gasteiger partial charge is 0.227 e. The van der Waals surface area contributed by atoms with Crippen molar-refractivity contribution in [2.24, 2.45) is 5.92 Å². The van der Waals surface area contributed by atoms with E-state index in [-0.39, 0.29) is 11.8 Å². The maximum atomic E-state index is 12.5. The van der Waals surface area contributed by atoms with Gasteiger partial charge >= 0.3 is 0 Å². The SMILES string of the molecule is O=C(Nc1cc(Cl)cc(Cl)c1)C1CCN(Cc2c(Cl)cccc2Cl)CC1. The quantitative estimate of drug-likeness (QED) is 0.629. The van der Waals surface area contributed by atoms with Gasteiger partial charge in [-0.15, -0.1) is 0 Å². The molecule has 1 N–H and O–H groups in total. The number of carbonyl (C=O) groups excluding carboxylic acids is 1. The molecule has 2 aromatic carbocycles. The molecule has 1 heterocycles. The fourth-order valence-electron chi connectivity index (χ4n) is 3.13. The average Bonchev–Trinajstić information content (AvgIpc) is 2.58. The number of hydrogen-bond donors (Lipinski definition) is 1. The third-order valence-corrected chi connectivity index (χ3v) is 5.68. The molecule has 0 aliphatic carbocycles. The summed E-state index contributed by atoms with van der Waals surface area (Å²) in [6.07, 6.45) is 1.56. The highest BCUT2D eigenvalue weighted by Crippen LogP contribution is 2.28. The molecule has 7 heteroatoms. The summed E-state index contributed by atoms with van der Waals surface area (Å²) >= 11 is 24.4. The summed E-state index contributed by atoms with van der Waals surface area (Å²) < 4.78 is 0. The number of amides is 1. The van der Waals surface area contributed by atoms with E-state index in [2.05, 4.69) is 10.2 Å². The molecule has 0 unspecified atom stereocenters. The molecule has 0 saturated carbocycles. The van der Waals surface area contributed by atoms with Crippen LogP contribution in [0.5, 0.6) is 0 Å². The summed E-state index contributed by atoms with van der Waals surface area (Å²) in [6, 6.07) is 10.6. The van der Waals surface area contributed by atoms with Crippen molar-refractivity contribution in [2.45, 2.75) is 19.4 Å². The molecule has 3 nitrogen and oxygen atoms in total. The highest BCUT2D eigenvalue weighted by Gasteiger charge is 2.25. The molecule has 1 aliphatic heterocycles. The molecule has 0 spiro atoms. The van der Waals surface area contributed by atoms with E-state index in [9.17, 15) is 4.79 Å². The Morgan fingerprint density at radius 2 is 1.58 bits per heavy atom. The average molecular weight is 432 g/mol. The lowest BCUT2D eigenvalue weighted by Gasteiger charge is -2.31. The van der Waals surface area contributed by atoms with Gasteiger partial charge in [0.25, 0.3) is 0 Å². The molecule has 138 valence electrons. The maximum absolute atomic E-state index is 12.5. The van der Waals surface area contributed by atoms with Gasteiger partial charge in [0.1, 0.15) is 0 Å². The minimum Gasteiger partial charge on any atom is -0.326 e. The van der Waals surface area contributed by atoms with E-state index in [1.165, 1.54) is 0 Å². The van der Waals surface area contributed by atoms with Gasteiger partial charge in [0.15, 0.2) is 0 Å². The molecular formula is C19H18Cl4N2O. The van der Waals surface area contributed by atoms with Crippen LogP contribution in [0.15, 0.2) is 36.4 Å². The molecule has 1 fully saturated rings. The molecule has 0 bridgehead atoms. The van der Waals surface area contributed by atoms with Crippen LogP contribution < -0.4 is 5.32 Å². The van der Waals surface area contributed by atoms with Gasteiger partial charge in [0, 0.05) is 43.8 Å². The highest BCUT2D eigenvalue weighted by atomic mass is 35.5. The van der Waals surface area contributed by atoms with Gasteiger partial charge in [-0.2, -0.15) is 0 Å². The molecule has 0 aromatic heterocycles. The number of likely N-dealkylation sites (tertiary alicyclic amines) is 1. The second-order valence-electron chi connectivity index (χ2n) is 6.40. The normalized spacial score (nSPS) is 15.8. The number of hydrogen-bond acceptors (Lipinski definition) is 2. The lowest BCUT2D eigenvalue weighted by atomic mass is 9.95. The van der Waals surface area contributed by atoms with Crippen LogP contribution in [0, 0.1) is 5.92 Å². The monoisotopic (exact) mass is 430 g/mol. The number of carbonyl (C=O) groups is 1.